The fourth-order valence-corrected chi connectivity index (χ4v) is 5.28. The molecule has 144 valence electrons. The van der Waals surface area contributed by atoms with Crippen molar-refractivity contribution >= 4 is 50.6 Å². The van der Waals surface area contributed by atoms with E-state index in [0.717, 1.165) is 15.3 Å². The SMILES string of the molecule is CCn1c(SCC(=O)N[C@H](C)C(C)C)nc2scc(-c3cccs3)c2c1=O. The van der Waals surface area contributed by atoms with Crippen molar-refractivity contribution in [2.45, 2.75) is 45.4 Å². The van der Waals surface area contributed by atoms with Gasteiger partial charge in [0.2, 0.25) is 5.91 Å². The number of nitrogens with zero attached hydrogens (tertiary/aromatic N) is 2. The average Bonchev–Trinajstić information content (AvgIpc) is 3.29. The molecule has 27 heavy (non-hydrogen) atoms. The van der Waals surface area contributed by atoms with E-state index in [1.807, 2.05) is 36.7 Å². The lowest BCUT2D eigenvalue weighted by Crippen LogP contribution is -2.37. The molecule has 0 fully saturated rings. The molecule has 0 bridgehead atoms. The quantitative estimate of drug-likeness (QED) is 0.452. The number of aromatic nitrogens is 2. The normalized spacial score (nSPS) is 12.6. The van der Waals surface area contributed by atoms with Crippen LogP contribution >= 0.6 is 34.4 Å². The van der Waals surface area contributed by atoms with E-state index in [4.69, 9.17) is 4.98 Å². The third-order valence-corrected chi connectivity index (χ3v) is 7.23. The van der Waals surface area contributed by atoms with Crippen LogP contribution in [-0.4, -0.2) is 27.3 Å². The predicted octanol–water partition coefficient (Wildman–Crippen LogP) is 4.46. The Hall–Kier alpha value is -1.64. The Morgan fingerprint density at radius 1 is 1.33 bits per heavy atom. The molecule has 1 amide bonds. The zero-order valence-corrected chi connectivity index (χ0v) is 18.3. The van der Waals surface area contributed by atoms with Gasteiger partial charge in [-0.3, -0.25) is 14.2 Å². The van der Waals surface area contributed by atoms with Gasteiger partial charge in [0.25, 0.3) is 5.56 Å². The van der Waals surface area contributed by atoms with E-state index in [1.165, 1.54) is 23.1 Å². The summed E-state index contributed by atoms with van der Waals surface area (Å²) in [6.07, 6.45) is 0. The fraction of sp³-hybridized carbons (Fsp3) is 0.421. The molecule has 3 aromatic rings. The van der Waals surface area contributed by atoms with Crippen molar-refractivity contribution in [3.05, 3.63) is 33.2 Å². The standard InChI is InChI=1S/C19H23N3O2S3/c1-5-22-18(24)16-13(14-7-6-8-25-14)9-26-17(16)21-19(22)27-10-15(23)20-12(4)11(2)3/h6-9,11-12H,5,10H2,1-4H3,(H,20,23)/t12-/m1/s1. The minimum absolute atomic E-state index is 0.0365. The number of rotatable bonds is 7. The Labute approximate surface area is 170 Å². The molecule has 3 heterocycles. The van der Waals surface area contributed by atoms with E-state index in [0.29, 0.717) is 23.0 Å². The zero-order valence-electron chi connectivity index (χ0n) is 15.8. The summed E-state index contributed by atoms with van der Waals surface area (Å²) < 4.78 is 1.66. The van der Waals surface area contributed by atoms with Crippen molar-refractivity contribution in [1.82, 2.24) is 14.9 Å². The van der Waals surface area contributed by atoms with Crippen LogP contribution in [0.2, 0.25) is 0 Å². The average molecular weight is 422 g/mol. The largest absolute Gasteiger partial charge is 0.353 e. The van der Waals surface area contributed by atoms with Crippen LogP contribution in [0.3, 0.4) is 0 Å². The highest BCUT2D eigenvalue weighted by Crippen LogP contribution is 2.34. The molecule has 5 nitrogen and oxygen atoms in total. The number of fused-ring (bicyclic) bond motifs is 1. The van der Waals surface area contributed by atoms with Crippen molar-refractivity contribution in [2.24, 2.45) is 5.92 Å². The first-order chi connectivity index (χ1) is 12.9. The van der Waals surface area contributed by atoms with Gasteiger partial charge in [-0.2, -0.15) is 0 Å². The van der Waals surface area contributed by atoms with Crippen molar-refractivity contribution in [2.75, 3.05) is 5.75 Å². The Balaban J connectivity index is 1.89. The van der Waals surface area contributed by atoms with Gasteiger partial charge in [0.05, 0.1) is 11.1 Å². The monoisotopic (exact) mass is 421 g/mol. The van der Waals surface area contributed by atoms with Crippen molar-refractivity contribution in [3.63, 3.8) is 0 Å². The van der Waals surface area contributed by atoms with Gasteiger partial charge in [0.1, 0.15) is 4.83 Å². The Morgan fingerprint density at radius 3 is 2.74 bits per heavy atom. The maximum atomic E-state index is 13.1. The molecule has 0 aliphatic rings. The fourth-order valence-electron chi connectivity index (χ4n) is 2.60. The molecular weight excluding hydrogens is 398 g/mol. The number of nitrogens with one attached hydrogen (secondary N) is 1. The third-order valence-electron chi connectivity index (χ3n) is 4.48. The predicted molar refractivity (Wildman–Crippen MR) is 116 cm³/mol. The van der Waals surface area contributed by atoms with Crippen molar-refractivity contribution in [1.29, 1.82) is 0 Å². The topological polar surface area (TPSA) is 64.0 Å². The number of hydrogen-bond acceptors (Lipinski definition) is 6. The first-order valence-corrected chi connectivity index (χ1v) is 11.6. The summed E-state index contributed by atoms with van der Waals surface area (Å²) in [5.74, 6) is 0.589. The molecule has 3 aromatic heterocycles. The van der Waals surface area contributed by atoms with Crippen LogP contribution in [0.25, 0.3) is 20.7 Å². The second-order valence-electron chi connectivity index (χ2n) is 6.64. The summed E-state index contributed by atoms with van der Waals surface area (Å²) >= 11 is 4.41. The molecule has 0 aliphatic carbocycles. The number of hydrogen-bond donors (Lipinski definition) is 1. The number of carbonyl (C=O) groups excluding carboxylic acids is 1. The summed E-state index contributed by atoms with van der Waals surface area (Å²) in [5, 5.41) is 8.26. The second kappa shape index (κ2) is 8.58. The maximum Gasteiger partial charge on any atom is 0.263 e. The molecule has 1 N–H and O–H groups in total. The van der Waals surface area contributed by atoms with Gasteiger partial charge in [-0.1, -0.05) is 31.7 Å². The third kappa shape index (κ3) is 4.28. The molecule has 0 aliphatic heterocycles. The van der Waals surface area contributed by atoms with Gasteiger partial charge in [0, 0.05) is 28.4 Å². The summed E-state index contributed by atoms with van der Waals surface area (Å²) in [5.41, 5.74) is 0.912. The molecule has 0 radical (unpaired) electrons. The smallest absolute Gasteiger partial charge is 0.263 e. The van der Waals surface area contributed by atoms with Gasteiger partial charge >= 0.3 is 0 Å². The van der Waals surface area contributed by atoms with E-state index in [9.17, 15) is 9.59 Å². The Kier molecular flexibility index (Phi) is 6.39. The summed E-state index contributed by atoms with van der Waals surface area (Å²) in [4.78, 5) is 31.8. The molecule has 0 aromatic carbocycles. The van der Waals surface area contributed by atoms with Crippen LogP contribution in [0, 0.1) is 5.92 Å². The second-order valence-corrected chi connectivity index (χ2v) is 9.39. The maximum absolute atomic E-state index is 13.1. The van der Waals surface area contributed by atoms with E-state index >= 15 is 0 Å². The van der Waals surface area contributed by atoms with Gasteiger partial charge < -0.3 is 5.32 Å². The van der Waals surface area contributed by atoms with Gasteiger partial charge in [-0.15, -0.1) is 22.7 Å². The number of thioether (sulfide) groups is 1. The molecule has 8 heteroatoms. The number of thiophene rings is 2. The highest BCUT2D eigenvalue weighted by atomic mass is 32.2. The van der Waals surface area contributed by atoms with E-state index < -0.39 is 0 Å². The van der Waals surface area contributed by atoms with Crippen LogP contribution in [0.15, 0.2) is 32.8 Å². The lowest BCUT2D eigenvalue weighted by molar-refractivity contribution is -0.119. The van der Waals surface area contributed by atoms with E-state index in [1.54, 1.807) is 15.9 Å². The lowest BCUT2D eigenvalue weighted by atomic mass is 10.1. The van der Waals surface area contributed by atoms with Crippen molar-refractivity contribution in [3.8, 4) is 10.4 Å². The summed E-state index contributed by atoms with van der Waals surface area (Å²) in [6.45, 7) is 8.59. The van der Waals surface area contributed by atoms with Crippen LogP contribution in [0.4, 0.5) is 0 Å². The Bertz CT molecular complexity index is 990. The minimum Gasteiger partial charge on any atom is -0.353 e. The molecule has 0 unspecified atom stereocenters. The molecule has 0 saturated carbocycles. The first kappa shape index (κ1) is 20.1. The summed E-state index contributed by atoms with van der Waals surface area (Å²) in [6, 6.07) is 4.12. The van der Waals surface area contributed by atoms with Crippen LogP contribution < -0.4 is 10.9 Å². The van der Waals surface area contributed by atoms with E-state index in [2.05, 4.69) is 19.2 Å². The minimum atomic E-state index is -0.0383. The zero-order chi connectivity index (χ0) is 19.6. The Morgan fingerprint density at radius 2 is 2.11 bits per heavy atom. The summed E-state index contributed by atoms with van der Waals surface area (Å²) in [7, 11) is 0. The van der Waals surface area contributed by atoms with Gasteiger partial charge in [-0.05, 0) is 31.2 Å². The van der Waals surface area contributed by atoms with Crippen molar-refractivity contribution < 1.29 is 4.79 Å². The molecular formula is C19H23N3O2S3. The number of carbonyl (C=O) groups is 1. The number of amides is 1. The molecule has 0 spiro atoms. The van der Waals surface area contributed by atoms with Crippen LogP contribution in [0.1, 0.15) is 27.7 Å². The van der Waals surface area contributed by atoms with Crippen LogP contribution in [0.5, 0.6) is 0 Å². The van der Waals surface area contributed by atoms with Gasteiger partial charge in [0.15, 0.2) is 5.16 Å². The molecule has 1 atom stereocenters. The highest BCUT2D eigenvalue weighted by molar-refractivity contribution is 7.99. The highest BCUT2D eigenvalue weighted by Gasteiger charge is 2.18. The molecule has 0 saturated heterocycles. The lowest BCUT2D eigenvalue weighted by Gasteiger charge is -2.17. The van der Waals surface area contributed by atoms with Gasteiger partial charge in [-0.25, -0.2) is 4.98 Å². The van der Waals surface area contributed by atoms with E-state index in [-0.39, 0.29) is 23.3 Å². The molecule has 3 rings (SSSR count). The van der Waals surface area contributed by atoms with Crippen LogP contribution in [-0.2, 0) is 11.3 Å². The first-order valence-electron chi connectivity index (χ1n) is 8.90.